The van der Waals surface area contributed by atoms with Crippen molar-refractivity contribution in [1.29, 1.82) is 0 Å². The average Bonchev–Trinajstić information content (AvgIpc) is 2.37. The van der Waals surface area contributed by atoms with Gasteiger partial charge in [-0.05, 0) is 49.7 Å². The monoisotopic (exact) mass is 309 g/mol. The van der Waals surface area contributed by atoms with Crippen LogP contribution in [0.4, 0.5) is 8.78 Å². The van der Waals surface area contributed by atoms with Gasteiger partial charge in [-0.1, -0.05) is 30.7 Å². The van der Waals surface area contributed by atoms with Crippen molar-refractivity contribution < 1.29 is 8.78 Å². The molecule has 0 amide bonds. The van der Waals surface area contributed by atoms with Crippen molar-refractivity contribution in [1.82, 2.24) is 5.32 Å². The number of nitrogens with one attached hydrogen (secondary N) is 1. The third kappa shape index (κ3) is 3.25. The van der Waals surface area contributed by atoms with Gasteiger partial charge < -0.3 is 5.32 Å². The SMILES string of the molecule is CCNC(c1c(C)cc(C)cc1F)c1c(F)cccc1Cl. The Balaban J connectivity index is 2.65. The summed E-state index contributed by atoms with van der Waals surface area (Å²) in [6, 6.07) is 7.24. The van der Waals surface area contributed by atoms with Gasteiger partial charge in [0.15, 0.2) is 0 Å². The van der Waals surface area contributed by atoms with Gasteiger partial charge >= 0.3 is 0 Å². The first-order valence-electron chi connectivity index (χ1n) is 6.89. The highest BCUT2D eigenvalue weighted by atomic mass is 35.5. The summed E-state index contributed by atoms with van der Waals surface area (Å²) in [4.78, 5) is 0. The Morgan fingerprint density at radius 1 is 1.10 bits per heavy atom. The van der Waals surface area contributed by atoms with Crippen LogP contribution in [0, 0.1) is 25.5 Å². The highest BCUT2D eigenvalue weighted by Crippen LogP contribution is 2.34. The standard InChI is InChI=1S/C17H18ClF2N/c1-4-21-17(16-12(18)6-5-7-13(16)19)15-11(3)8-10(2)9-14(15)20/h5-9,17,21H,4H2,1-3H3. The van der Waals surface area contributed by atoms with Crippen LogP contribution in [0.2, 0.25) is 5.02 Å². The number of halogens is 3. The molecule has 2 rings (SSSR count). The maximum atomic E-state index is 14.4. The molecule has 1 unspecified atom stereocenters. The first-order valence-corrected chi connectivity index (χ1v) is 7.27. The molecule has 0 saturated carbocycles. The summed E-state index contributed by atoms with van der Waals surface area (Å²) >= 11 is 6.14. The van der Waals surface area contributed by atoms with Crippen LogP contribution in [-0.4, -0.2) is 6.54 Å². The minimum atomic E-state index is -0.607. The molecule has 0 spiro atoms. The van der Waals surface area contributed by atoms with Gasteiger partial charge in [-0.2, -0.15) is 0 Å². The zero-order valence-corrected chi connectivity index (χ0v) is 13.1. The summed E-state index contributed by atoms with van der Waals surface area (Å²) < 4.78 is 28.6. The lowest BCUT2D eigenvalue weighted by Crippen LogP contribution is -2.25. The van der Waals surface area contributed by atoms with Gasteiger partial charge in [-0.25, -0.2) is 8.78 Å². The van der Waals surface area contributed by atoms with Crippen molar-refractivity contribution in [2.45, 2.75) is 26.8 Å². The van der Waals surface area contributed by atoms with Crippen molar-refractivity contribution >= 4 is 11.6 Å². The third-order valence-corrected chi connectivity index (χ3v) is 3.80. The first-order chi connectivity index (χ1) is 9.95. The second-order valence-corrected chi connectivity index (χ2v) is 5.51. The van der Waals surface area contributed by atoms with Crippen LogP contribution >= 0.6 is 11.6 Å². The van der Waals surface area contributed by atoms with Gasteiger partial charge in [0, 0.05) is 16.1 Å². The van der Waals surface area contributed by atoms with Crippen LogP contribution in [0.3, 0.4) is 0 Å². The van der Waals surface area contributed by atoms with E-state index >= 15 is 0 Å². The molecule has 0 bridgehead atoms. The van der Waals surface area contributed by atoms with Crippen molar-refractivity contribution in [3.8, 4) is 0 Å². The average molecular weight is 310 g/mol. The van der Waals surface area contributed by atoms with E-state index in [4.69, 9.17) is 11.6 Å². The highest BCUT2D eigenvalue weighted by molar-refractivity contribution is 6.31. The van der Waals surface area contributed by atoms with Crippen LogP contribution < -0.4 is 5.32 Å². The van der Waals surface area contributed by atoms with Crippen LogP contribution in [-0.2, 0) is 0 Å². The molecular weight excluding hydrogens is 292 g/mol. The van der Waals surface area contributed by atoms with Gasteiger partial charge in [-0.3, -0.25) is 0 Å². The predicted octanol–water partition coefficient (Wildman–Crippen LogP) is 4.93. The normalized spacial score (nSPS) is 12.5. The lowest BCUT2D eigenvalue weighted by atomic mass is 9.92. The zero-order valence-electron chi connectivity index (χ0n) is 12.3. The molecule has 0 aliphatic carbocycles. The molecule has 4 heteroatoms. The second-order valence-electron chi connectivity index (χ2n) is 5.10. The van der Waals surface area contributed by atoms with Gasteiger partial charge in [0.25, 0.3) is 0 Å². The Hall–Kier alpha value is -1.45. The van der Waals surface area contributed by atoms with E-state index in [0.29, 0.717) is 17.1 Å². The summed E-state index contributed by atoms with van der Waals surface area (Å²) in [7, 11) is 0. The summed E-state index contributed by atoms with van der Waals surface area (Å²) in [5, 5.41) is 3.43. The molecule has 1 N–H and O–H groups in total. The van der Waals surface area contributed by atoms with Crippen LogP contribution in [0.5, 0.6) is 0 Å². The fourth-order valence-electron chi connectivity index (χ4n) is 2.63. The lowest BCUT2D eigenvalue weighted by Gasteiger charge is -2.23. The number of benzene rings is 2. The van der Waals surface area contributed by atoms with Gasteiger partial charge in [0.05, 0.1) is 6.04 Å². The van der Waals surface area contributed by atoms with E-state index in [1.165, 1.54) is 12.1 Å². The molecule has 2 aromatic rings. The maximum absolute atomic E-state index is 14.4. The van der Waals surface area contributed by atoms with Crippen molar-refractivity contribution in [2.75, 3.05) is 6.54 Å². The van der Waals surface area contributed by atoms with Crippen molar-refractivity contribution in [3.63, 3.8) is 0 Å². The number of rotatable bonds is 4. The van der Waals surface area contributed by atoms with Crippen molar-refractivity contribution in [2.24, 2.45) is 0 Å². The number of aryl methyl sites for hydroxylation is 2. The van der Waals surface area contributed by atoms with E-state index in [9.17, 15) is 8.78 Å². The minimum Gasteiger partial charge on any atom is -0.306 e. The van der Waals surface area contributed by atoms with Gasteiger partial charge in [-0.15, -0.1) is 0 Å². The molecule has 2 aromatic carbocycles. The Bertz CT molecular complexity index is 612. The predicted molar refractivity (Wildman–Crippen MR) is 82.8 cm³/mol. The molecule has 112 valence electrons. The van der Waals surface area contributed by atoms with Crippen LogP contribution in [0.15, 0.2) is 30.3 Å². The Morgan fingerprint density at radius 2 is 1.81 bits per heavy atom. The summed E-state index contributed by atoms with van der Waals surface area (Å²) in [6.07, 6.45) is 0. The molecule has 21 heavy (non-hydrogen) atoms. The molecule has 1 nitrogen and oxygen atoms in total. The fraction of sp³-hybridized carbons (Fsp3) is 0.294. The van der Waals surface area contributed by atoms with Gasteiger partial charge in [0.2, 0.25) is 0 Å². The second kappa shape index (κ2) is 6.54. The van der Waals surface area contributed by atoms with E-state index in [-0.39, 0.29) is 11.4 Å². The maximum Gasteiger partial charge on any atom is 0.129 e. The third-order valence-electron chi connectivity index (χ3n) is 3.47. The Morgan fingerprint density at radius 3 is 2.38 bits per heavy atom. The lowest BCUT2D eigenvalue weighted by molar-refractivity contribution is 0.528. The molecule has 0 aliphatic heterocycles. The van der Waals surface area contributed by atoms with Gasteiger partial charge in [0.1, 0.15) is 11.6 Å². The zero-order chi connectivity index (χ0) is 15.6. The first kappa shape index (κ1) is 15.9. The molecular formula is C17H18ClF2N. The molecule has 0 saturated heterocycles. The topological polar surface area (TPSA) is 12.0 Å². The largest absolute Gasteiger partial charge is 0.306 e. The van der Waals surface area contributed by atoms with E-state index < -0.39 is 11.9 Å². The van der Waals surface area contributed by atoms with Crippen LogP contribution in [0.25, 0.3) is 0 Å². The quantitative estimate of drug-likeness (QED) is 0.844. The molecule has 0 radical (unpaired) electrons. The van der Waals surface area contributed by atoms with E-state index in [1.807, 2.05) is 26.8 Å². The minimum absolute atomic E-state index is 0.284. The summed E-state index contributed by atoms with van der Waals surface area (Å²) in [6.45, 7) is 6.12. The van der Waals surface area contributed by atoms with Crippen molar-refractivity contribution in [3.05, 3.63) is 69.2 Å². The smallest absolute Gasteiger partial charge is 0.129 e. The molecule has 0 aromatic heterocycles. The van der Waals surface area contributed by atoms with E-state index in [2.05, 4.69) is 5.32 Å². The number of hydrogen-bond acceptors (Lipinski definition) is 1. The molecule has 0 aliphatic rings. The fourth-order valence-corrected chi connectivity index (χ4v) is 2.90. The summed E-state index contributed by atoms with van der Waals surface area (Å²) in [5.41, 5.74) is 2.34. The molecule has 0 heterocycles. The number of hydrogen-bond donors (Lipinski definition) is 1. The Kier molecular flexibility index (Phi) is 4.96. The Labute approximate surface area is 128 Å². The summed E-state index contributed by atoms with van der Waals surface area (Å²) in [5.74, 6) is -0.786. The van der Waals surface area contributed by atoms with E-state index in [1.54, 1.807) is 12.1 Å². The molecule has 1 atom stereocenters. The highest BCUT2D eigenvalue weighted by Gasteiger charge is 2.24. The van der Waals surface area contributed by atoms with E-state index in [0.717, 1.165) is 11.1 Å². The molecule has 0 fully saturated rings. The van der Waals surface area contributed by atoms with Crippen LogP contribution in [0.1, 0.15) is 35.2 Å².